The summed E-state index contributed by atoms with van der Waals surface area (Å²) < 4.78 is 37.5. The monoisotopic (exact) mass is 372 g/mol. The van der Waals surface area contributed by atoms with Crippen LogP contribution in [-0.2, 0) is 30.8 Å². The lowest BCUT2D eigenvalue weighted by Crippen LogP contribution is -2.31. The summed E-state index contributed by atoms with van der Waals surface area (Å²) in [6, 6.07) is 12.7. The topological polar surface area (TPSA) is 68.1 Å². The van der Waals surface area contributed by atoms with Crippen LogP contribution in [-0.4, -0.2) is 27.9 Å². The molecule has 0 aliphatic rings. The standard InChI is InChI=1S/C19H21N3O3S/c1-13-20(2)18-11-15-14-7-4-5-8-16(14)21(3)17(15)12-19(18)22(13)9-6-10-26(23,24)25/h4-5,7-8,11-12H,6,9-10H2,1-3H3/p+1. The second-order valence-corrected chi connectivity index (χ2v) is 8.40. The lowest BCUT2D eigenvalue weighted by molar-refractivity contribution is -0.652. The highest BCUT2D eigenvalue weighted by Crippen LogP contribution is 2.31. The van der Waals surface area contributed by atoms with Crippen LogP contribution in [0.25, 0.3) is 32.8 Å². The van der Waals surface area contributed by atoms with Gasteiger partial charge in [0.2, 0.25) is 0 Å². The summed E-state index contributed by atoms with van der Waals surface area (Å²) in [5.41, 5.74) is 4.51. The molecule has 0 unspecified atom stereocenters. The minimum absolute atomic E-state index is 0.230. The third kappa shape index (κ3) is 2.59. The molecule has 2 heterocycles. The number of nitrogens with zero attached hydrogens (tertiary/aromatic N) is 3. The van der Waals surface area contributed by atoms with Crippen LogP contribution in [0.5, 0.6) is 0 Å². The summed E-state index contributed by atoms with van der Waals surface area (Å²) in [4.78, 5) is 0. The molecule has 0 aliphatic heterocycles. The van der Waals surface area contributed by atoms with Gasteiger partial charge in [-0.15, -0.1) is 0 Å². The van der Waals surface area contributed by atoms with Crippen molar-refractivity contribution in [3.8, 4) is 0 Å². The Hall–Kier alpha value is -2.38. The first-order chi connectivity index (χ1) is 12.3. The van der Waals surface area contributed by atoms with Gasteiger partial charge in [-0.3, -0.25) is 4.55 Å². The van der Waals surface area contributed by atoms with Crippen LogP contribution in [0.4, 0.5) is 0 Å². The summed E-state index contributed by atoms with van der Waals surface area (Å²) in [5.74, 6) is 0.821. The summed E-state index contributed by atoms with van der Waals surface area (Å²) in [6.07, 6.45) is 0.372. The summed E-state index contributed by atoms with van der Waals surface area (Å²) in [7, 11) is 0.150. The quantitative estimate of drug-likeness (QED) is 0.442. The van der Waals surface area contributed by atoms with Crippen LogP contribution in [0, 0.1) is 6.92 Å². The SMILES string of the molecule is Cc1n(CCCS(=O)(=O)O)c2cc3c(cc2[n+]1C)c1ccccc1n3C. The molecule has 0 atom stereocenters. The zero-order valence-corrected chi connectivity index (χ0v) is 15.9. The second-order valence-electron chi connectivity index (χ2n) is 6.83. The Morgan fingerprint density at radius 1 is 1.08 bits per heavy atom. The van der Waals surface area contributed by atoms with E-state index in [0.717, 1.165) is 22.4 Å². The second kappa shape index (κ2) is 5.82. The van der Waals surface area contributed by atoms with Gasteiger partial charge in [0.25, 0.3) is 15.9 Å². The number of hydrogen-bond acceptors (Lipinski definition) is 2. The Morgan fingerprint density at radius 2 is 1.81 bits per heavy atom. The molecule has 136 valence electrons. The van der Waals surface area contributed by atoms with E-state index in [1.165, 1.54) is 16.3 Å². The van der Waals surface area contributed by atoms with Crippen LogP contribution < -0.4 is 4.57 Å². The van der Waals surface area contributed by atoms with Gasteiger partial charge in [-0.05, 0) is 12.1 Å². The first-order valence-electron chi connectivity index (χ1n) is 8.59. The number of rotatable bonds is 4. The zero-order chi connectivity index (χ0) is 18.6. The molecule has 0 amide bonds. The number of hydrogen-bond donors (Lipinski definition) is 1. The van der Waals surface area contributed by atoms with Gasteiger partial charge in [0.05, 0.1) is 24.9 Å². The van der Waals surface area contributed by atoms with E-state index in [1.807, 2.05) is 20.0 Å². The van der Waals surface area contributed by atoms with Crippen molar-refractivity contribution in [2.75, 3.05) is 5.75 Å². The van der Waals surface area contributed by atoms with Crippen molar-refractivity contribution in [3.63, 3.8) is 0 Å². The van der Waals surface area contributed by atoms with E-state index in [9.17, 15) is 8.42 Å². The predicted octanol–water partition coefficient (Wildman–Crippen LogP) is 2.70. The molecule has 7 heteroatoms. The van der Waals surface area contributed by atoms with Crippen LogP contribution in [0.3, 0.4) is 0 Å². The highest BCUT2D eigenvalue weighted by Gasteiger charge is 2.22. The normalized spacial score (nSPS) is 12.6. The van der Waals surface area contributed by atoms with Crippen molar-refractivity contribution in [1.29, 1.82) is 0 Å². The van der Waals surface area contributed by atoms with Crippen molar-refractivity contribution >= 4 is 43.0 Å². The first kappa shape index (κ1) is 17.1. The maximum Gasteiger partial charge on any atom is 0.265 e. The molecule has 0 spiro atoms. The Labute approximate surface area is 152 Å². The van der Waals surface area contributed by atoms with Gasteiger partial charge in [-0.1, -0.05) is 18.2 Å². The van der Waals surface area contributed by atoms with Crippen LogP contribution in [0.1, 0.15) is 12.2 Å². The Kier molecular flexibility index (Phi) is 3.82. The van der Waals surface area contributed by atoms with Crippen molar-refractivity contribution in [2.45, 2.75) is 19.9 Å². The minimum Gasteiger partial charge on any atom is -0.343 e. The number of para-hydroxylation sites is 1. The van der Waals surface area contributed by atoms with Crippen LogP contribution in [0.15, 0.2) is 36.4 Å². The largest absolute Gasteiger partial charge is 0.343 e. The fraction of sp³-hybridized carbons (Fsp3) is 0.316. The lowest BCUT2D eigenvalue weighted by atomic mass is 10.1. The van der Waals surface area contributed by atoms with Crippen molar-refractivity contribution < 1.29 is 17.5 Å². The molecule has 4 rings (SSSR count). The molecule has 4 aromatic rings. The van der Waals surface area contributed by atoms with Gasteiger partial charge in [0.1, 0.15) is 0 Å². The van der Waals surface area contributed by atoms with E-state index in [0.29, 0.717) is 13.0 Å². The Morgan fingerprint density at radius 3 is 2.54 bits per heavy atom. The van der Waals surface area contributed by atoms with Gasteiger partial charge in [0.15, 0.2) is 11.0 Å². The first-order valence-corrected chi connectivity index (χ1v) is 10.2. The number of imidazole rings is 1. The van der Waals surface area contributed by atoms with E-state index in [-0.39, 0.29) is 5.75 Å². The highest BCUT2D eigenvalue weighted by molar-refractivity contribution is 7.85. The minimum atomic E-state index is -3.94. The third-order valence-corrected chi connectivity index (χ3v) is 6.13. The van der Waals surface area contributed by atoms with Gasteiger partial charge in [0, 0.05) is 42.7 Å². The smallest absolute Gasteiger partial charge is 0.265 e. The van der Waals surface area contributed by atoms with Crippen molar-refractivity contribution in [3.05, 3.63) is 42.2 Å². The molecule has 0 radical (unpaired) electrons. The van der Waals surface area contributed by atoms with Crippen molar-refractivity contribution in [2.24, 2.45) is 14.1 Å². The summed E-state index contributed by atoms with van der Waals surface area (Å²) in [5, 5.41) is 2.44. The van der Waals surface area contributed by atoms with Gasteiger partial charge in [-0.2, -0.15) is 8.42 Å². The highest BCUT2D eigenvalue weighted by atomic mass is 32.2. The molecule has 6 nitrogen and oxygen atoms in total. The van der Waals surface area contributed by atoms with E-state index in [2.05, 4.69) is 51.1 Å². The molecular formula is C19H22N3O3S+. The van der Waals surface area contributed by atoms with Gasteiger partial charge >= 0.3 is 0 Å². The molecule has 1 N–H and O–H groups in total. The molecule has 0 aliphatic carbocycles. The number of aromatic nitrogens is 3. The zero-order valence-electron chi connectivity index (χ0n) is 15.1. The molecule has 26 heavy (non-hydrogen) atoms. The molecule has 2 aromatic carbocycles. The Balaban J connectivity index is 1.93. The lowest BCUT2D eigenvalue weighted by Gasteiger charge is -2.01. The maximum absolute atomic E-state index is 11.0. The number of benzene rings is 2. The van der Waals surface area contributed by atoms with E-state index in [1.54, 1.807) is 0 Å². The number of aryl methyl sites for hydroxylation is 3. The molecule has 0 saturated heterocycles. The van der Waals surface area contributed by atoms with E-state index >= 15 is 0 Å². The molecular weight excluding hydrogens is 350 g/mol. The van der Waals surface area contributed by atoms with Crippen LogP contribution >= 0.6 is 0 Å². The summed E-state index contributed by atoms with van der Waals surface area (Å²) in [6.45, 7) is 2.56. The molecule has 2 aromatic heterocycles. The average Bonchev–Trinajstić information content (AvgIpc) is 3.00. The Bertz CT molecular complexity index is 1270. The molecule has 0 bridgehead atoms. The van der Waals surface area contributed by atoms with Gasteiger partial charge in [-0.25, -0.2) is 9.13 Å². The molecule has 0 saturated carbocycles. The van der Waals surface area contributed by atoms with Crippen LogP contribution in [0.2, 0.25) is 0 Å². The van der Waals surface area contributed by atoms with Crippen molar-refractivity contribution in [1.82, 2.24) is 9.13 Å². The molecule has 0 fully saturated rings. The fourth-order valence-electron chi connectivity index (χ4n) is 3.88. The average molecular weight is 372 g/mol. The van der Waals surface area contributed by atoms with E-state index in [4.69, 9.17) is 4.55 Å². The van der Waals surface area contributed by atoms with E-state index < -0.39 is 10.1 Å². The maximum atomic E-state index is 11.0. The number of fused-ring (bicyclic) bond motifs is 4. The fourth-order valence-corrected chi connectivity index (χ4v) is 4.38. The third-order valence-electron chi connectivity index (χ3n) is 5.32. The predicted molar refractivity (Wildman–Crippen MR) is 103 cm³/mol. The summed E-state index contributed by atoms with van der Waals surface area (Å²) >= 11 is 0. The van der Waals surface area contributed by atoms with Gasteiger partial charge < -0.3 is 4.57 Å².